The summed E-state index contributed by atoms with van der Waals surface area (Å²) < 4.78 is 0. The first kappa shape index (κ1) is 12.3. The summed E-state index contributed by atoms with van der Waals surface area (Å²) in [5, 5.41) is 0. The molecule has 2 N–H and O–H groups in total. The third-order valence-electron chi connectivity index (χ3n) is 3.10. The second kappa shape index (κ2) is 5.00. The van der Waals surface area contributed by atoms with Crippen LogP contribution < -0.4 is 10.6 Å². The van der Waals surface area contributed by atoms with Gasteiger partial charge in [-0.05, 0) is 44.7 Å². The predicted octanol–water partition coefficient (Wildman–Crippen LogP) is 2.34. The van der Waals surface area contributed by atoms with Crippen molar-refractivity contribution in [2.75, 3.05) is 11.4 Å². The summed E-state index contributed by atoms with van der Waals surface area (Å²) >= 11 is 5.07. The zero-order valence-corrected chi connectivity index (χ0v) is 11.2. The molecule has 1 aromatic rings. The predicted molar refractivity (Wildman–Crippen MR) is 75.3 cm³/mol. The van der Waals surface area contributed by atoms with Gasteiger partial charge in [0.05, 0.1) is 5.69 Å². The summed E-state index contributed by atoms with van der Waals surface area (Å²) in [4.78, 5) is 7.04. The lowest BCUT2D eigenvalue weighted by Crippen LogP contribution is -2.34. The molecule has 1 aliphatic rings. The van der Waals surface area contributed by atoms with E-state index in [9.17, 15) is 0 Å². The molecule has 0 unspecified atom stereocenters. The number of nitrogens with two attached hydrogens (primary N) is 1. The highest BCUT2D eigenvalue weighted by molar-refractivity contribution is 7.80. The molecule has 3 nitrogen and oxygen atoms in total. The first-order chi connectivity index (χ1) is 8.09. The normalized spacial score (nSPS) is 15.0. The van der Waals surface area contributed by atoms with Gasteiger partial charge in [0.25, 0.3) is 0 Å². The average molecular weight is 249 g/mol. The van der Waals surface area contributed by atoms with Gasteiger partial charge in [-0.3, -0.25) is 4.98 Å². The van der Waals surface area contributed by atoms with E-state index in [1.54, 1.807) is 6.20 Å². The van der Waals surface area contributed by atoms with Crippen LogP contribution in [0.2, 0.25) is 0 Å². The van der Waals surface area contributed by atoms with Crippen LogP contribution >= 0.6 is 12.2 Å². The van der Waals surface area contributed by atoms with Crippen LogP contribution in [0.3, 0.4) is 0 Å². The van der Waals surface area contributed by atoms with Crippen molar-refractivity contribution in [2.24, 2.45) is 11.7 Å². The second-order valence-electron chi connectivity index (χ2n) is 4.92. The maximum Gasteiger partial charge on any atom is 0.124 e. The number of thiocarbonyl (C=S) groups is 1. The van der Waals surface area contributed by atoms with Crippen molar-refractivity contribution in [3.63, 3.8) is 0 Å². The first-order valence-corrected chi connectivity index (χ1v) is 6.52. The van der Waals surface area contributed by atoms with Gasteiger partial charge in [-0.15, -0.1) is 0 Å². The number of pyridine rings is 1. The van der Waals surface area contributed by atoms with E-state index < -0.39 is 0 Å². The fourth-order valence-corrected chi connectivity index (χ4v) is 2.14. The topological polar surface area (TPSA) is 42.2 Å². The molecule has 1 aromatic heterocycles. The Morgan fingerprint density at radius 1 is 1.59 bits per heavy atom. The highest BCUT2D eigenvalue weighted by Crippen LogP contribution is 2.33. The molecule has 1 heterocycles. The van der Waals surface area contributed by atoms with E-state index in [0.717, 1.165) is 23.8 Å². The largest absolute Gasteiger partial charge is 0.388 e. The van der Waals surface area contributed by atoms with E-state index in [-0.39, 0.29) is 0 Å². The minimum atomic E-state index is 0.377. The molecule has 1 saturated carbocycles. The molecule has 2 rings (SSSR count). The fourth-order valence-electron chi connectivity index (χ4n) is 1.98. The summed E-state index contributed by atoms with van der Waals surface area (Å²) in [6, 6.07) is 4.44. The van der Waals surface area contributed by atoms with Gasteiger partial charge in [0.2, 0.25) is 0 Å². The van der Waals surface area contributed by atoms with Crippen molar-refractivity contribution < 1.29 is 0 Å². The zero-order valence-electron chi connectivity index (χ0n) is 10.4. The molecule has 92 valence electrons. The maximum absolute atomic E-state index is 5.74. The Morgan fingerprint density at radius 2 is 2.29 bits per heavy atom. The SMILES string of the molecule is CC(C)N(CC1CC1)c1cccnc1C(N)=S. The molecule has 0 spiro atoms. The molecule has 4 heteroatoms. The molecule has 0 atom stereocenters. The Balaban J connectivity index is 2.30. The van der Waals surface area contributed by atoms with Crippen molar-refractivity contribution in [1.29, 1.82) is 0 Å². The standard InChI is InChI=1S/C13H19N3S/c1-9(2)16(8-10-5-6-10)11-4-3-7-15-12(11)13(14)17/h3-4,7,9-10H,5-6,8H2,1-2H3,(H2,14,17). The molecular formula is C13H19N3S. The number of rotatable bonds is 5. The Morgan fingerprint density at radius 3 is 2.82 bits per heavy atom. The van der Waals surface area contributed by atoms with Crippen LogP contribution in [0, 0.1) is 5.92 Å². The number of aromatic nitrogens is 1. The molecule has 0 aliphatic heterocycles. The summed E-state index contributed by atoms with van der Waals surface area (Å²) in [5.74, 6) is 0.830. The molecular weight excluding hydrogens is 230 g/mol. The van der Waals surface area contributed by atoms with Gasteiger partial charge in [-0.1, -0.05) is 12.2 Å². The molecule has 17 heavy (non-hydrogen) atoms. The molecule has 0 radical (unpaired) electrons. The molecule has 1 fully saturated rings. The van der Waals surface area contributed by atoms with Gasteiger partial charge in [0, 0.05) is 18.8 Å². The molecule has 0 amide bonds. The van der Waals surface area contributed by atoms with Gasteiger partial charge in [-0.25, -0.2) is 0 Å². The maximum atomic E-state index is 5.74. The van der Waals surface area contributed by atoms with Gasteiger partial charge in [0.1, 0.15) is 10.7 Å². The molecule has 0 aromatic carbocycles. The fraction of sp³-hybridized carbons (Fsp3) is 0.538. The van der Waals surface area contributed by atoms with Gasteiger partial charge < -0.3 is 10.6 Å². The van der Waals surface area contributed by atoms with Crippen LogP contribution in [-0.2, 0) is 0 Å². The number of hydrogen-bond acceptors (Lipinski definition) is 3. The summed E-state index contributed by atoms with van der Waals surface area (Å²) in [5.41, 5.74) is 7.56. The van der Waals surface area contributed by atoms with E-state index in [0.29, 0.717) is 11.0 Å². The Bertz CT molecular complexity index is 413. The van der Waals surface area contributed by atoms with Gasteiger partial charge >= 0.3 is 0 Å². The van der Waals surface area contributed by atoms with Crippen molar-refractivity contribution in [3.8, 4) is 0 Å². The van der Waals surface area contributed by atoms with E-state index in [2.05, 4.69) is 29.8 Å². The number of hydrogen-bond donors (Lipinski definition) is 1. The summed E-state index contributed by atoms with van der Waals surface area (Å²) in [6.45, 7) is 5.47. The van der Waals surface area contributed by atoms with Crippen LogP contribution in [0.4, 0.5) is 5.69 Å². The van der Waals surface area contributed by atoms with E-state index in [1.807, 2.05) is 6.07 Å². The molecule has 0 saturated heterocycles. The van der Waals surface area contributed by atoms with Crippen molar-refractivity contribution >= 4 is 22.9 Å². The lowest BCUT2D eigenvalue weighted by molar-refractivity contribution is 0.643. The number of anilines is 1. The van der Waals surface area contributed by atoms with E-state index in [4.69, 9.17) is 18.0 Å². The van der Waals surface area contributed by atoms with Crippen LogP contribution in [0.15, 0.2) is 18.3 Å². The minimum absolute atomic E-state index is 0.377. The van der Waals surface area contributed by atoms with E-state index >= 15 is 0 Å². The minimum Gasteiger partial charge on any atom is -0.388 e. The lowest BCUT2D eigenvalue weighted by atomic mass is 10.2. The smallest absolute Gasteiger partial charge is 0.124 e. The zero-order chi connectivity index (χ0) is 12.4. The van der Waals surface area contributed by atoms with Crippen molar-refractivity contribution in [1.82, 2.24) is 4.98 Å². The van der Waals surface area contributed by atoms with Crippen LogP contribution in [0.25, 0.3) is 0 Å². The highest BCUT2D eigenvalue weighted by atomic mass is 32.1. The third kappa shape index (κ3) is 2.94. The molecule has 1 aliphatic carbocycles. The monoisotopic (exact) mass is 249 g/mol. The van der Waals surface area contributed by atoms with Gasteiger partial charge in [-0.2, -0.15) is 0 Å². The van der Waals surface area contributed by atoms with Crippen LogP contribution in [-0.4, -0.2) is 22.6 Å². The van der Waals surface area contributed by atoms with Crippen LogP contribution in [0.1, 0.15) is 32.4 Å². The Hall–Kier alpha value is -1.16. The highest BCUT2D eigenvalue weighted by Gasteiger charge is 2.27. The van der Waals surface area contributed by atoms with Crippen molar-refractivity contribution in [2.45, 2.75) is 32.7 Å². The number of nitrogens with zero attached hydrogens (tertiary/aromatic N) is 2. The quantitative estimate of drug-likeness (QED) is 0.813. The molecule has 0 bridgehead atoms. The van der Waals surface area contributed by atoms with E-state index in [1.165, 1.54) is 12.8 Å². The second-order valence-corrected chi connectivity index (χ2v) is 5.36. The third-order valence-corrected chi connectivity index (χ3v) is 3.30. The Labute approximate surface area is 108 Å². The first-order valence-electron chi connectivity index (χ1n) is 6.11. The average Bonchev–Trinajstić information content (AvgIpc) is 3.09. The van der Waals surface area contributed by atoms with Crippen molar-refractivity contribution in [3.05, 3.63) is 24.0 Å². The van der Waals surface area contributed by atoms with Gasteiger partial charge in [0.15, 0.2) is 0 Å². The summed E-state index contributed by atoms with van der Waals surface area (Å²) in [6.07, 6.45) is 4.42. The summed E-state index contributed by atoms with van der Waals surface area (Å²) in [7, 11) is 0. The van der Waals surface area contributed by atoms with Crippen LogP contribution in [0.5, 0.6) is 0 Å². The Kier molecular flexibility index (Phi) is 3.62. The lowest BCUT2D eigenvalue weighted by Gasteiger charge is -2.30.